The van der Waals surface area contributed by atoms with Gasteiger partial charge in [-0.2, -0.15) is 4.57 Å². The molecule has 0 spiro atoms. The molecule has 1 aliphatic heterocycles. The van der Waals surface area contributed by atoms with E-state index in [9.17, 15) is 9.90 Å². The second-order valence-corrected chi connectivity index (χ2v) is 7.94. The Morgan fingerprint density at radius 2 is 1.74 bits per heavy atom. The van der Waals surface area contributed by atoms with Gasteiger partial charge in [0.25, 0.3) is 0 Å². The van der Waals surface area contributed by atoms with Crippen LogP contribution in [0.1, 0.15) is 41.9 Å². The highest BCUT2D eigenvalue weighted by molar-refractivity contribution is 6.01. The van der Waals surface area contributed by atoms with Crippen LogP contribution in [-0.2, 0) is 19.4 Å². The molecule has 1 aliphatic carbocycles. The zero-order chi connectivity index (χ0) is 18.6. The Morgan fingerprint density at radius 3 is 2.41 bits per heavy atom. The van der Waals surface area contributed by atoms with Crippen molar-refractivity contribution < 1.29 is 36.3 Å². The summed E-state index contributed by atoms with van der Waals surface area (Å²) in [6, 6.07) is 5.68. The van der Waals surface area contributed by atoms with Crippen LogP contribution in [0.15, 0.2) is 18.2 Å². The molecule has 6 heteroatoms. The predicted octanol–water partition coefficient (Wildman–Crippen LogP) is 0.0791. The zero-order valence-corrected chi connectivity index (χ0v) is 16.8. The lowest BCUT2D eigenvalue weighted by Gasteiger charge is -2.30. The molecule has 4 rings (SSSR count). The Hall–Kier alpha value is -2.27. The van der Waals surface area contributed by atoms with Crippen LogP contribution in [0.25, 0.3) is 11.3 Å². The van der Waals surface area contributed by atoms with Gasteiger partial charge in [0, 0.05) is 19.3 Å². The van der Waals surface area contributed by atoms with Gasteiger partial charge in [-0.3, -0.25) is 4.79 Å². The van der Waals surface area contributed by atoms with Crippen molar-refractivity contribution in [3.8, 4) is 28.5 Å². The summed E-state index contributed by atoms with van der Waals surface area (Å²) < 4.78 is 13.1. The maximum atomic E-state index is 12.6. The number of aromatic nitrogens is 1. The SMILES string of the molecule is COc1cc2c(cc1OC)-c1cc(O)c3c([n+]1CC2)CC(C)(C)CC3=O.[Cl-]. The third-order valence-corrected chi connectivity index (χ3v) is 5.49. The molecule has 5 nitrogen and oxygen atoms in total. The van der Waals surface area contributed by atoms with Gasteiger partial charge in [0.1, 0.15) is 11.3 Å². The maximum Gasteiger partial charge on any atom is 0.216 e. The third-order valence-electron chi connectivity index (χ3n) is 5.49. The van der Waals surface area contributed by atoms with Crippen molar-refractivity contribution in [2.75, 3.05) is 14.2 Å². The van der Waals surface area contributed by atoms with Gasteiger partial charge in [-0.15, -0.1) is 0 Å². The number of pyridine rings is 1. The van der Waals surface area contributed by atoms with Crippen LogP contribution >= 0.6 is 0 Å². The van der Waals surface area contributed by atoms with Crippen molar-refractivity contribution in [3.63, 3.8) is 0 Å². The minimum atomic E-state index is -0.101. The first kappa shape index (κ1) is 19.5. The van der Waals surface area contributed by atoms with Gasteiger partial charge in [-0.05, 0) is 23.1 Å². The molecule has 1 aromatic heterocycles. The molecule has 2 aromatic rings. The molecule has 0 atom stereocenters. The standard InChI is InChI=1S/C21H23NO4.ClH/c1-21(2)10-15-20(17(24)11-21)16(23)9-14-13-8-19(26-4)18(25-3)7-12(13)5-6-22(14)15;/h7-9H,5-6,10-11H2,1-4H3;1H. The molecule has 0 radical (unpaired) electrons. The number of nitrogens with zero attached hydrogens (tertiary/aromatic N) is 1. The van der Waals surface area contributed by atoms with Crippen LogP contribution in [0.4, 0.5) is 0 Å². The summed E-state index contributed by atoms with van der Waals surface area (Å²) >= 11 is 0. The number of carbonyl (C=O) groups excluding carboxylic acids is 1. The molecular formula is C21H24ClNO4. The minimum Gasteiger partial charge on any atom is -1.00 e. The number of aromatic hydroxyl groups is 1. The molecule has 27 heavy (non-hydrogen) atoms. The number of ether oxygens (including phenoxy) is 2. The fourth-order valence-electron chi connectivity index (χ4n) is 4.31. The smallest absolute Gasteiger partial charge is 0.216 e. The Morgan fingerprint density at radius 1 is 1.07 bits per heavy atom. The van der Waals surface area contributed by atoms with Crippen LogP contribution in [-0.4, -0.2) is 25.1 Å². The van der Waals surface area contributed by atoms with Gasteiger partial charge >= 0.3 is 0 Å². The van der Waals surface area contributed by atoms with E-state index in [1.165, 1.54) is 0 Å². The number of ketones is 1. The van der Waals surface area contributed by atoms with E-state index in [4.69, 9.17) is 9.47 Å². The van der Waals surface area contributed by atoms with E-state index in [1.54, 1.807) is 20.3 Å². The number of carbonyl (C=O) groups is 1. The first-order valence-corrected chi connectivity index (χ1v) is 8.92. The Labute approximate surface area is 165 Å². The molecule has 144 valence electrons. The van der Waals surface area contributed by atoms with Crippen molar-refractivity contribution in [2.24, 2.45) is 5.41 Å². The van der Waals surface area contributed by atoms with E-state index in [-0.39, 0.29) is 29.4 Å². The van der Waals surface area contributed by atoms with E-state index >= 15 is 0 Å². The van der Waals surface area contributed by atoms with Crippen molar-refractivity contribution in [3.05, 3.63) is 35.0 Å². The Bertz CT molecular complexity index is 937. The summed E-state index contributed by atoms with van der Waals surface area (Å²) in [5, 5.41) is 10.6. The van der Waals surface area contributed by atoms with Gasteiger partial charge in [0.2, 0.25) is 5.69 Å². The van der Waals surface area contributed by atoms with Crippen molar-refractivity contribution in [1.29, 1.82) is 0 Å². The molecule has 0 saturated carbocycles. The Balaban J connectivity index is 0.00000210. The Kier molecular flexibility index (Phi) is 4.85. The number of fused-ring (bicyclic) bond motifs is 5. The molecule has 0 bridgehead atoms. The predicted molar refractivity (Wildman–Crippen MR) is 97.0 cm³/mol. The number of rotatable bonds is 2. The quantitative estimate of drug-likeness (QED) is 0.739. The topological polar surface area (TPSA) is 59.6 Å². The highest BCUT2D eigenvalue weighted by atomic mass is 35.5. The summed E-state index contributed by atoms with van der Waals surface area (Å²) in [5.74, 6) is 1.48. The van der Waals surface area contributed by atoms with Gasteiger partial charge in [0.05, 0.1) is 25.8 Å². The van der Waals surface area contributed by atoms with Gasteiger partial charge in [-0.25, -0.2) is 0 Å². The summed E-state index contributed by atoms with van der Waals surface area (Å²) in [6.07, 6.45) is 2.09. The van der Waals surface area contributed by atoms with Crippen LogP contribution in [0.2, 0.25) is 0 Å². The molecule has 1 aromatic carbocycles. The molecule has 0 fully saturated rings. The number of hydrogen-bond donors (Lipinski definition) is 1. The molecule has 0 unspecified atom stereocenters. The van der Waals surface area contributed by atoms with Gasteiger partial charge in [-0.1, -0.05) is 13.8 Å². The van der Waals surface area contributed by atoms with Crippen molar-refractivity contribution >= 4 is 5.78 Å². The number of hydrogen-bond acceptors (Lipinski definition) is 4. The average Bonchev–Trinajstić information content (AvgIpc) is 2.58. The summed E-state index contributed by atoms with van der Waals surface area (Å²) in [7, 11) is 3.25. The minimum absolute atomic E-state index is 0. The average molecular weight is 390 g/mol. The molecule has 0 amide bonds. The molecule has 1 N–H and O–H groups in total. The number of aryl methyl sites for hydroxylation is 1. The summed E-state index contributed by atoms with van der Waals surface area (Å²) in [4.78, 5) is 12.6. The first-order valence-electron chi connectivity index (χ1n) is 8.92. The lowest BCUT2D eigenvalue weighted by Crippen LogP contribution is -3.00. The fourth-order valence-corrected chi connectivity index (χ4v) is 4.31. The molecule has 0 saturated heterocycles. The summed E-state index contributed by atoms with van der Waals surface area (Å²) in [5.41, 5.74) is 4.44. The first-order chi connectivity index (χ1) is 12.3. The highest BCUT2D eigenvalue weighted by Gasteiger charge is 2.41. The number of halogens is 1. The largest absolute Gasteiger partial charge is 1.00 e. The number of benzene rings is 1. The van der Waals surface area contributed by atoms with Gasteiger partial charge < -0.3 is 27.0 Å². The van der Waals surface area contributed by atoms with Crippen LogP contribution < -0.4 is 26.4 Å². The number of Topliss-reactive ketones (excluding diaryl/α,β-unsaturated/α-hetero) is 1. The highest BCUT2D eigenvalue weighted by Crippen LogP contribution is 2.42. The zero-order valence-electron chi connectivity index (χ0n) is 16.1. The lowest BCUT2D eigenvalue weighted by atomic mass is 9.74. The lowest BCUT2D eigenvalue weighted by molar-refractivity contribution is -0.695. The molecular weight excluding hydrogens is 366 g/mol. The van der Waals surface area contributed by atoms with E-state index < -0.39 is 0 Å². The second-order valence-electron chi connectivity index (χ2n) is 7.94. The normalized spacial score (nSPS) is 16.5. The van der Waals surface area contributed by atoms with Crippen LogP contribution in [0, 0.1) is 5.41 Å². The van der Waals surface area contributed by atoms with Gasteiger partial charge in [0.15, 0.2) is 29.5 Å². The van der Waals surface area contributed by atoms with Crippen molar-refractivity contribution in [1.82, 2.24) is 0 Å². The molecule has 2 aliphatic rings. The third kappa shape index (κ3) is 3.04. The van der Waals surface area contributed by atoms with E-state index in [0.29, 0.717) is 23.5 Å². The monoisotopic (exact) mass is 389 g/mol. The summed E-state index contributed by atoms with van der Waals surface area (Å²) in [6.45, 7) is 4.99. The fraction of sp³-hybridized carbons (Fsp3) is 0.429. The van der Waals surface area contributed by atoms with Crippen LogP contribution in [0.5, 0.6) is 17.2 Å². The van der Waals surface area contributed by atoms with E-state index in [2.05, 4.69) is 18.4 Å². The van der Waals surface area contributed by atoms with Crippen LogP contribution in [0.3, 0.4) is 0 Å². The second kappa shape index (κ2) is 6.71. The number of methoxy groups -OCH3 is 2. The van der Waals surface area contributed by atoms with Crippen molar-refractivity contribution in [2.45, 2.75) is 39.7 Å². The van der Waals surface area contributed by atoms with E-state index in [1.807, 2.05) is 12.1 Å². The molecule has 2 heterocycles. The maximum absolute atomic E-state index is 12.6. The van der Waals surface area contributed by atoms with E-state index in [0.717, 1.165) is 41.9 Å².